The zero-order valence-electron chi connectivity index (χ0n) is 15.7. The zero-order chi connectivity index (χ0) is 19.5. The number of hydrogen-bond acceptors (Lipinski definition) is 2. The van der Waals surface area contributed by atoms with Crippen molar-refractivity contribution >= 4 is 34.6 Å². The third kappa shape index (κ3) is 4.00. The van der Waals surface area contributed by atoms with E-state index in [4.69, 9.17) is 16.6 Å². The molecule has 1 aliphatic rings. The molecule has 0 bridgehead atoms. The van der Waals surface area contributed by atoms with Crippen molar-refractivity contribution in [3.8, 4) is 0 Å². The Morgan fingerprint density at radius 1 is 1.07 bits per heavy atom. The lowest BCUT2D eigenvalue weighted by Crippen LogP contribution is -2.13. The minimum Gasteiger partial charge on any atom is -0.326 e. The van der Waals surface area contributed by atoms with Gasteiger partial charge in [-0.05, 0) is 48.2 Å². The minimum atomic E-state index is -0.0219. The Balaban J connectivity index is 1.51. The Hall–Kier alpha value is -2.91. The highest BCUT2D eigenvalue weighted by Crippen LogP contribution is 2.32. The second-order valence-electron chi connectivity index (χ2n) is 7.03. The van der Waals surface area contributed by atoms with Gasteiger partial charge in [0.2, 0.25) is 5.91 Å². The minimum absolute atomic E-state index is 0.0219. The van der Waals surface area contributed by atoms with Gasteiger partial charge in [-0.2, -0.15) is 0 Å². The summed E-state index contributed by atoms with van der Waals surface area (Å²) in [6, 6.07) is 21.9. The SMILES string of the molecule is Cc1c(Cl)cc(NC(=O)CCc2ccccc2)cc1C1=Nc2ccccc2C1. The molecule has 0 saturated heterocycles. The highest BCUT2D eigenvalue weighted by Gasteiger charge is 2.19. The number of rotatable bonds is 5. The monoisotopic (exact) mass is 388 g/mol. The molecule has 0 fully saturated rings. The molecule has 0 aliphatic carbocycles. The fourth-order valence-corrected chi connectivity index (χ4v) is 3.69. The molecule has 1 heterocycles. The number of nitrogens with zero attached hydrogens (tertiary/aromatic N) is 1. The summed E-state index contributed by atoms with van der Waals surface area (Å²) in [5.74, 6) is -0.0219. The first kappa shape index (κ1) is 18.5. The molecule has 1 aliphatic heterocycles. The van der Waals surface area contributed by atoms with Crippen molar-refractivity contribution in [2.45, 2.75) is 26.2 Å². The van der Waals surface area contributed by atoms with Gasteiger partial charge in [0.25, 0.3) is 0 Å². The van der Waals surface area contributed by atoms with Crippen molar-refractivity contribution < 1.29 is 4.79 Å². The summed E-state index contributed by atoms with van der Waals surface area (Å²) in [5.41, 5.74) is 7.04. The number of benzene rings is 3. The maximum atomic E-state index is 12.4. The largest absolute Gasteiger partial charge is 0.326 e. The molecule has 1 N–H and O–H groups in total. The predicted molar refractivity (Wildman–Crippen MR) is 116 cm³/mol. The number of hydrogen-bond donors (Lipinski definition) is 1. The van der Waals surface area contributed by atoms with Crippen LogP contribution in [0.1, 0.15) is 28.7 Å². The Morgan fingerprint density at radius 2 is 1.82 bits per heavy atom. The molecule has 0 atom stereocenters. The molecule has 0 radical (unpaired) electrons. The second-order valence-corrected chi connectivity index (χ2v) is 7.44. The maximum Gasteiger partial charge on any atom is 0.224 e. The molecule has 3 aromatic carbocycles. The van der Waals surface area contributed by atoms with Gasteiger partial charge in [-0.15, -0.1) is 0 Å². The normalized spacial score (nSPS) is 12.4. The van der Waals surface area contributed by atoms with Crippen LogP contribution >= 0.6 is 11.6 Å². The molecular weight excluding hydrogens is 368 g/mol. The maximum absolute atomic E-state index is 12.4. The van der Waals surface area contributed by atoms with Crippen LogP contribution in [0.5, 0.6) is 0 Å². The van der Waals surface area contributed by atoms with Crippen LogP contribution in [-0.2, 0) is 17.6 Å². The van der Waals surface area contributed by atoms with E-state index in [-0.39, 0.29) is 5.91 Å². The molecule has 3 nitrogen and oxygen atoms in total. The number of anilines is 1. The van der Waals surface area contributed by atoms with Gasteiger partial charge in [-0.25, -0.2) is 0 Å². The Labute approximate surface area is 170 Å². The van der Waals surface area contributed by atoms with Crippen LogP contribution in [0.3, 0.4) is 0 Å². The fraction of sp³-hybridized carbons (Fsp3) is 0.167. The number of aryl methyl sites for hydroxylation is 1. The van der Waals surface area contributed by atoms with E-state index in [2.05, 4.69) is 11.4 Å². The number of carbonyl (C=O) groups is 1. The van der Waals surface area contributed by atoms with Crippen molar-refractivity contribution in [2.75, 3.05) is 5.32 Å². The summed E-state index contributed by atoms with van der Waals surface area (Å²) in [4.78, 5) is 17.2. The molecule has 4 rings (SSSR count). The van der Waals surface area contributed by atoms with Gasteiger partial charge in [0, 0.05) is 29.1 Å². The number of fused-ring (bicyclic) bond motifs is 1. The molecule has 0 aromatic heterocycles. The van der Waals surface area contributed by atoms with Crippen molar-refractivity contribution in [1.29, 1.82) is 0 Å². The topological polar surface area (TPSA) is 41.5 Å². The van der Waals surface area contributed by atoms with Gasteiger partial charge < -0.3 is 5.32 Å². The van der Waals surface area contributed by atoms with Crippen LogP contribution in [0.4, 0.5) is 11.4 Å². The van der Waals surface area contributed by atoms with Crippen LogP contribution < -0.4 is 5.32 Å². The first-order valence-corrected chi connectivity index (χ1v) is 9.78. The van der Waals surface area contributed by atoms with E-state index in [1.54, 1.807) is 0 Å². The van der Waals surface area contributed by atoms with Gasteiger partial charge in [-0.1, -0.05) is 60.1 Å². The van der Waals surface area contributed by atoms with Gasteiger partial charge in [0.05, 0.1) is 11.4 Å². The van der Waals surface area contributed by atoms with Crippen molar-refractivity contribution in [3.63, 3.8) is 0 Å². The average molecular weight is 389 g/mol. The number of carbonyl (C=O) groups excluding carboxylic acids is 1. The summed E-state index contributed by atoms with van der Waals surface area (Å²) in [5, 5.41) is 3.62. The molecule has 140 valence electrons. The third-order valence-corrected chi connectivity index (χ3v) is 5.42. The van der Waals surface area contributed by atoms with Crippen molar-refractivity contribution in [1.82, 2.24) is 0 Å². The summed E-state index contributed by atoms with van der Waals surface area (Å²) >= 11 is 6.46. The lowest BCUT2D eigenvalue weighted by Gasteiger charge is -2.12. The van der Waals surface area contributed by atoms with E-state index in [0.29, 0.717) is 23.6 Å². The summed E-state index contributed by atoms with van der Waals surface area (Å²) in [7, 11) is 0. The van der Waals surface area contributed by atoms with Crippen LogP contribution in [-0.4, -0.2) is 11.6 Å². The van der Waals surface area contributed by atoms with Crippen LogP contribution in [0, 0.1) is 6.92 Å². The standard InChI is InChI=1S/C24H21ClN2O/c1-16-20(23-13-18-9-5-6-10-22(18)27-23)14-19(15-21(16)25)26-24(28)12-11-17-7-3-2-4-8-17/h2-10,14-15H,11-13H2,1H3,(H,26,28). The Kier molecular flexibility index (Phi) is 5.27. The fourth-order valence-electron chi connectivity index (χ4n) is 3.47. The van der Waals surface area contributed by atoms with E-state index in [1.165, 1.54) is 5.56 Å². The summed E-state index contributed by atoms with van der Waals surface area (Å²) in [6.45, 7) is 1.99. The number of nitrogens with one attached hydrogen (secondary N) is 1. The molecule has 4 heteroatoms. The van der Waals surface area contributed by atoms with Gasteiger partial charge in [0.1, 0.15) is 0 Å². The zero-order valence-corrected chi connectivity index (χ0v) is 16.5. The van der Waals surface area contributed by atoms with Crippen molar-refractivity contribution in [3.05, 3.63) is 94.0 Å². The van der Waals surface area contributed by atoms with E-state index < -0.39 is 0 Å². The van der Waals surface area contributed by atoms with Crippen LogP contribution in [0.2, 0.25) is 5.02 Å². The van der Waals surface area contributed by atoms with E-state index in [1.807, 2.05) is 67.6 Å². The first-order chi connectivity index (χ1) is 13.6. The second kappa shape index (κ2) is 7.99. The molecule has 0 unspecified atom stereocenters. The predicted octanol–water partition coefficient (Wildman–Crippen LogP) is 5.90. The smallest absolute Gasteiger partial charge is 0.224 e. The lowest BCUT2D eigenvalue weighted by molar-refractivity contribution is -0.116. The van der Waals surface area contributed by atoms with Crippen molar-refractivity contribution in [2.24, 2.45) is 4.99 Å². The molecule has 3 aromatic rings. The number of aliphatic imine (C=N–C) groups is 1. The van der Waals surface area contributed by atoms with Gasteiger partial charge in [0.15, 0.2) is 0 Å². The van der Waals surface area contributed by atoms with Crippen LogP contribution in [0.25, 0.3) is 0 Å². The van der Waals surface area contributed by atoms with E-state index >= 15 is 0 Å². The molecular formula is C24H21ClN2O. The van der Waals surface area contributed by atoms with Crippen LogP contribution in [0.15, 0.2) is 71.7 Å². The summed E-state index contributed by atoms with van der Waals surface area (Å²) < 4.78 is 0. The molecule has 28 heavy (non-hydrogen) atoms. The molecule has 0 saturated carbocycles. The molecule has 1 amide bonds. The number of amides is 1. The van der Waals surface area contributed by atoms with Gasteiger partial charge >= 0.3 is 0 Å². The van der Waals surface area contributed by atoms with E-state index in [9.17, 15) is 4.79 Å². The lowest BCUT2D eigenvalue weighted by atomic mass is 9.99. The Morgan fingerprint density at radius 3 is 2.61 bits per heavy atom. The number of halogens is 1. The average Bonchev–Trinajstić information content (AvgIpc) is 3.14. The van der Waals surface area contributed by atoms with Gasteiger partial charge in [-0.3, -0.25) is 9.79 Å². The quantitative estimate of drug-likeness (QED) is 0.581. The number of para-hydroxylation sites is 1. The highest BCUT2D eigenvalue weighted by molar-refractivity contribution is 6.32. The molecule has 0 spiro atoms. The first-order valence-electron chi connectivity index (χ1n) is 9.40. The highest BCUT2D eigenvalue weighted by atomic mass is 35.5. The third-order valence-electron chi connectivity index (χ3n) is 5.03. The van der Waals surface area contributed by atoms with E-state index in [0.717, 1.165) is 34.5 Å². The summed E-state index contributed by atoms with van der Waals surface area (Å²) in [6.07, 6.45) is 1.91. The Bertz CT molecular complexity index is 1060.